The lowest BCUT2D eigenvalue weighted by Crippen LogP contribution is -2.06. The van der Waals surface area contributed by atoms with Gasteiger partial charge in [-0.25, -0.2) is 9.07 Å². The second kappa shape index (κ2) is 4.53. The van der Waals surface area contributed by atoms with E-state index in [1.54, 1.807) is 17.7 Å². The van der Waals surface area contributed by atoms with Crippen LogP contribution in [0.1, 0.15) is 35.5 Å². The van der Waals surface area contributed by atoms with Crippen molar-refractivity contribution in [2.45, 2.75) is 33.8 Å². The highest BCUT2D eigenvalue weighted by atomic mass is 19.1. The summed E-state index contributed by atoms with van der Waals surface area (Å²) in [5.41, 5.74) is 4.31. The predicted octanol–water partition coefficient (Wildman–Crippen LogP) is 2.99. The highest BCUT2D eigenvalue weighted by molar-refractivity contribution is 5.44. The zero-order valence-electron chi connectivity index (χ0n) is 11.0. The molecule has 0 amide bonds. The third-order valence-corrected chi connectivity index (χ3v) is 3.32. The van der Waals surface area contributed by atoms with Gasteiger partial charge in [0.1, 0.15) is 5.82 Å². The van der Waals surface area contributed by atoms with Crippen molar-refractivity contribution < 1.29 is 9.50 Å². The quantitative estimate of drug-likeness (QED) is 0.887. The summed E-state index contributed by atoms with van der Waals surface area (Å²) in [4.78, 5) is 0. The van der Waals surface area contributed by atoms with Crippen LogP contribution in [0.2, 0.25) is 0 Å². The third-order valence-electron chi connectivity index (χ3n) is 3.32. The number of halogens is 1. The fourth-order valence-electron chi connectivity index (χ4n) is 2.01. The monoisotopic (exact) mass is 248 g/mol. The van der Waals surface area contributed by atoms with Crippen LogP contribution < -0.4 is 0 Å². The number of rotatable bonds is 2. The second-order valence-electron chi connectivity index (χ2n) is 4.59. The summed E-state index contributed by atoms with van der Waals surface area (Å²) >= 11 is 0. The molecule has 2 rings (SSSR count). The van der Waals surface area contributed by atoms with E-state index in [4.69, 9.17) is 0 Å². The molecule has 4 heteroatoms. The largest absolute Gasteiger partial charge is 0.389 e. The Morgan fingerprint density at radius 2 is 1.94 bits per heavy atom. The van der Waals surface area contributed by atoms with E-state index in [-0.39, 0.29) is 5.82 Å². The van der Waals surface area contributed by atoms with Crippen molar-refractivity contribution in [3.05, 3.63) is 46.5 Å². The van der Waals surface area contributed by atoms with Gasteiger partial charge in [0.15, 0.2) is 0 Å². The SMILES string of the molecule is Cc1nn(-c2ccc(F)cc2[C@@H](C)O)c(C)c1C. The molecule has 0 bridgehead atoms. The van der Waals surface area contributed by atoms with Gasteiger partial charge >= 0.3 is 0 Å². The maximum atomic E-state index is 13.3. The van der Waals surface area contributed by atoms with Crippen molar-refractivity contribution in [2.24, 2.45) is 0 Å². The molecule has 1 atom stereocenters. The molecule has 0 saturated heterocycles. The normalized spacial score (nSPS) is 12.8. The smallest absolute Gasteiger partial charge is 0.123 e. The number of aliphatic hydroxyl groups is 1. The lowest BCUT2D eigenvalue weighted by atomic mass is 10.1. The molecule has 2 aromatic rings. The molecule has 1 N–H and O–H groups in total. The highest BCUT2D eigenvalue weighted by Gasteiger charge is 2.15. The average Bonchev–Trinajstić information content (AvgIpc) is 2.57. The van der Waals surface area contributed by atoms with Crippen LogP contribution in [-0.2, 0) is 0 Å². The van der Waals surface area contributed by atoms with Gasteiger partial charge in [-0.05, 0) is 51.5 Å². The van der Waals surface area contributed by atoms with Gasteiger partial charge in [0, 0.05) is 11.3 Å². The maximum Gasteiger partial charge on any atom is 0.123 e. The molecule has 1 aromatic heterocycles. The van der Waals surface area contributed by atoms with E-state index in [1.807, 2.05) is 20.8 Å². The Labute approximate surface area is 106 Å². The fourth-order valence-corrected chi connectivity index (χ4v) is 2.01. The summed E-state index contributed by atoms with van der Waals surface area (Å²) in [6.45, 7) is 7.52. The van der Waals surface area contributed by atoms with E-state index < -0.39 is 6.10 Å². The molecule has 1 heterocycles. The van der Waals surface area contributed by atoms with Crippen LogP contribution >= 0.6 is 0 Å². The van der Waals surface area contributed by atoms with E-state index in [1.165, 1.54) is 12.1 Å². The molecule has 0 unspecified atom stereocenters. The van der Waals surface area contributed by atoms with E-state index >= 15 is 0 Å². The van der Waals surface area contributed by atoms with Gasteiger partial charge in [0.2, 0.25) is 0 Å². The molecule has 0 aliphatic heterocycles. The maximum absolute atomic E-state index is 13.3. The van der Waals surface area contributed by atoms with Crippen LogP contribution in [-0.4, -0.2) is 14.9 Å². The van der Waals surface area contributed by atoms with Crippen LogP contribution in [0.25, 0.3) is 5.69 Å². The van der Waals surface area contributed by atoms with Gasteiger partial charge in [-0.1, -0.05) is 0 Å². The zero-order chi connectivity index (χ0) is 13.4. The average molecular weight is 248 g/mol. The molecule has 96 valence electrons. The van der Waals surface area contributed by atoms with E-state index in [0.29, 0.717) is 5.56 Å². The van der Waals surface area contributed by atoms with Gasteiger partial charge < -0.3 is 5.11 Å². The number of aryl methyl sites for hydroxylation is 1. The molecule has 0 spiro atoms. The Morgan fingerprint density at radius 3 is 2.44 bits per heavy atom. The summed E-state index contributed by atoms with van der Waals surface area (Å²) in [7, 11) is 0. The van der Waals surface area contributed by atoms with Crippen molar-refractivity contribution in [1.82, 2.24) is 9.78 Å². The van der Waals surface area contributed by atoms with Crippen molar-refractivity contribution in [1.29, 1.82) is 0 Å². The number of benzene rings is 1. The minimum Gasteiger partial charge on any atom is -0.389 e. The molecule has 18 heavy (non-hydrogen) atoms. The molecule has 0 fully saturated rings. The van der Waals surface area contributed by atoms with Gasteiger partial charge in [-0.3, -0.25) is 0 Å². The molecule has 3 nitrogen and oxygen atoms in total. The minimum atomic E-state index is -0.736. The van der Waals surface area contributed by atoms with E-state index in [2.05, 4.69) is 5.10 Å². The van der Waals surface area contributed by atoms with Crippen molar-refractivity contribution in [3.63, 3.8) is 0 Å². The summed E-state index contributed by atoms with van der Waals surface area (Å²) in [5.74, 6) is -0.354. The third kappa shape index (κ3) is 2.04. The summed E-state index contributed by atoms with van der Waals surface area (Å²) < 4.78 is 15.0. The Kier molecular flexibility index (Phi) is 3.22. The van der Waals surface area contributed by atoms with Crippen LogP contribution in [0, 0.1) is 26.6 Å². The Morgan fingerprint density at radius 1 is 1.28 bits per heavy atom. The van der Waals surface area contributed by atoms with E-state index in [0.717, 1.165) is 22.6 Å². The number of aromatic nitrogens is 2. The Bertz CT molecular complexity index is 588. The van der Waals surface area contributed by atoms with Crippen molar-refractivity contribution in [3.8, 4) is 5.69 Å². The first-order chi connectivity index (χ1) is 8.41. The topological polar surface area (TPSA) is 38.0 Å². The standard InChI is InChI=1S/C14H17FN2O/c1-8-9(2)16-17(10(8)3)14-6-5-12(15)7-13(14)11(4)18/h5-7,11,18H,1-4H3/t11-/m1/s1. The molecule has 0 aliphatic carbocycles. The van der Waals surface area contributed by atoms with Gasteiger partial charge in [0.25, 0.3) is 0 Å². The van der Waals surface area contributed by atoms with Crippen molar-refractivity contribution >= 4 is 0 Å². The predicted molar refractivity (Wildman–Crippen MR) is 68.4 cm³/mol. The number of hydrogen-bond donors (Lipinski definition) is 1. The second-order valence-corrected chi connectivity index (χ2v) is 4.59. The van der Waals surface area contributed by atoms with Crippen LogP contribution in [0.3, 0.4) is 0 Å². The van der Waals surface area contributed by atoms with Crippen molar-refractivity contribution in [2.75, 3.05) is 0 Å². The number of aliphatic hydroxyl groups excluding tert-OH is 1. The van der Waals surface area contributed by atoms with Crippen LogP contribution in [0.4, 0.5) is 4.39 Å². The van der Waals surface area contributed by atoms with Crippen LogP contribution in [0.5, 0.6) is 0 Å². The number of nitrogens with zero attached hydrogens (tertiary/aromatic N) is 2. The summed E-state index contributed by atoms with van der Waals surface area (Å²) in [6.07, 6.45) is -0.736. The molecular weight excluding hydrogens is 231 g/mol. The van der Waals surface area contributed by atoms with E-state index in [9.17, 15) is 9.50 Å². The Balaban J connectivity index is 2.67. The lowest BCUT2D eigenvalue weighted by molar-refractivity contribution is 0.198. The molecule has 0 radical (unpaired) electrons. The first kappa shape index (κ1) is 12.8. The first-order valence-corrected chi connectivity index (χ1v) is 5.92. The summed E-state index contributed by atoms with van der Waals surface area (Å²) in [6, 6.07) is 4.38. The zero-order valence-corrected chi connectivity index (χ0v) is 11.0. The molecule has 1 aromatic carbocycles. The number of hydrogen-bond acceptors (Lipinski definition) is 2. The highest BCUT2D eigenvalue weighted by Crippen LogP contribution is 2.25. The van der Waals surface area contributed by atoms with Gasteiger partial charge in [0.05, 0.1) is 17.5 Å². The van der Waals surface area contributed by atoms with Gasteiger partial charge in [-0.2, -0.15) is 5.10 Å². The fraction of sp³-hybridized carbons (Fsp3) is 0.357. The first-order valence-electron chi connectivity index (χ1n) is 5.92. The molecular formula is C14H17FN2O. The minimum absolute atomic E-state index is 0.354. The Hall–Kier alpha value is -1.68. The van der Waals surface area contributed by atoms with Gasteiger partial charge in [-0.15, -0.1) is 0 Å². The molecule has 0 aliphatic rings. The summed E-state index contributed by atoms with van der Waals surface area (Å²) in [5, 5.41) is 14.2. The molecule has 0 saturated carbocycles. The lowest BCUT2D eigenvalue weighted by Gasteiger charge is -2.13. The van der Waals surface area contributed by atoms with Crippen LogP contribution in [0.15, 0.2) is 18.2 Å².